The van der Waals surface area contributed by atoms with Crippen LogP contribution in [0.3, 0.4) is 0 Å². The molecule has 0 N–H and O–H groups in total. The molecule has 0 aliphatic carbocycles. The van der Waals surface area contributed by atoms with Gasteiger partial charge in [0.05, 0.1) is 16.1 Å². The van der Waals surface area contributed by atoms with Gasteiger partial charge in [0.2, 0.25) is 5.91 Å². The van der Waals surface area contributed by atoms with Crippen LogP contribution in [0.4, 0.5) is 0 Å². The first-order valence-corrected chi connectivity index (χ1v) is 4.23. The maximum atomic E-state index is 11.1. The summed E-state index contributed by atoms with van der Waals surface area (Å²) >= 11 is 3.09. The smallest absolute Gasteiger partial charge is 0.234 e. The Kier molecular flexibility index (Phi) is 4.69. The highest BCUT2D eigenvalue weighted by Crippen LogP contribution is 2.10. The van der Waals surface area contributed by atoms with E-state index < -0.39 is 0 Å². The number of hydrogen-bond donors (Lipinski definition) is 0. The van der Waals surface area contributed by atoms with E-state index in [0.717, 1.165) is 12.8 Å². The molecule has 0 aromatic heterocycles. The van der Waals surface area contributed by atoms with Gasteiger partial charge in [-0.25, -0.2) is 0 Å². The lowest BCUT2D eigenvalue weighted by molar-refractivity contribution is -0.128. The molecule has 0 fully saturated rings. The van der Waals surface area contributed by atoms with Crippen molar-refractivity contribution in [2.75, 3.05) is 7.05 Å². The van der Waals surface area contributed by atoms with Crippen LogP contribution in [0.2, 0.25) is 0 Å². The van der Waals surface area contributed by atoms with Gasteiger partial charge in [-0.05, 0) is 6.42 Å². The highest BCUT2D eigenvalue weighted by Gasteiger charge is 2.13. The van der Waals surface area contributed by atoms with Crippen molar-refractivity contribution in [2.45, 2.75) is 26.7 Å². The largest absolute Gasteiger partial charge is 0.282 e. The van der Waals surface area contributed by atoms with Crippen molar-refractivity contribution in [2.24, 2.45) is 5.92 Å². The lowest BCUT2D eigenvalue weighted by Crippen LogP contribution is -2.23. The van der Waals surface area contributed by atoms with E-state index in [1.807, 2.05) is 6.92 Å². The first-order chi connectivity index (χ1) is 4.59. The van der Waals surface area contributed by atoms with Crippen LogP contribution in [-0.4, -0.2) is 16.9 Å². The van der Waals surface area contributed by atoms with Gasteiger partial charge in [-0.2, -0.15) is 0 Å². The van der Waals surface area contributed by atoms with Crippen molar-refractivity contribution in [3.05, 3.63) is 0 Å². The summed E-state index contributed by atoms with van der Waals surface area (Å²) in [5, 5.41) is 0. The SMILES string of the molecule is CCCC(C)C(=O)N(C)Br. The van der Waals surface area contributed by atoms with E-state index in [1.165, 1.54) is 3.93 Å². The van der Waals surface area contributed by atoms with Gasteiger partial charge in [0.25, 0.3) is 0 Å². The summed E-state index contributed by atoms with van der Waals surface area (Å²) in [6, 6.07) is 0. The molecule has 3 heteroatoms. The molecule has 0 bridgehead atoms. The average Bonchev–Trinajstić information content (AvgIpc) is 1.87. The fourth-order valence-electron chi connectivity index (χ4n) is 0.860. The van der Waals surface area contributed by atoms with Gasteiger partial charge in [0.15, 0.2) is 0 Å². The first-order valence-electron chi connectivity index (χ1n) is 3.53. The quantitative estimate of drug-likeness (QED) is 0.651. The van der Waals surface area contributed by atoms with Crippen molar-refractivity contribution in [3.8, 4) is 0 Å². The molecule has 1 unspecified atom stereocenters. The Morgan fingerprint density at radius 1 is 1.70 bits per heavy atom. The van der Waals surface area contributed by atoms with Crippen LogP contribution in [-0.2, 0) is 4.79 Å². The number of hydrogen-bond acceptors (Lipinski definition) is 1. The molecule has 0 aliphatic rings. The Balaban J connectivity index is 3.71. The molecule has 1 amide bonds. The Morgan fingerprint density at radius 2 is 2.20 bits per heavy atom. The number of amides is 1. The summed E-state index contributed by atoms with van der Waals surface area (Å²) in [5.41, 5.74) is 0. The van der Waals surface area contributed by atoms with Crippen molar-refractivity contribution >= 4 is 22.1 Å². The second-order valence-electron chi connectivity index (χ2n) is 2.51. The van der Waals surface area contributed by atoms with Gasteiger partial charge in [0, 0.05) is 13.0 Å². The third-order valence-corrected chi connectivity index (χ3v) is 1.80. The maximum absolute atomic E-state index is 11.1. The fourth-order valence-corrected chi connectivity index (χ4v) is 1.21. The topological polar surface area (TPSA) is 20.3 Å². The van der Waals surface area contributed by atoms with Crippen molar-refractivity contribution in [3.63, 3.8) is 0 Å². The first kappa shape index (κ1) is 9.95. The van der Waals surface area contributed by atoms with E-state index in [1.54, 1.807) is 7.05 Å². The van der Waals surface area contributed by atoms with Crippen LogP contribution in [0.1, 0.15) is 26.7 Å². The van der Waals surface area contributed by atoms with Crippen LogP contribution in [0.15, 0.2) is 0 Å². The van der Waals surface area contributed by atoms with Crippen molar-refractivity contribution in [1.29, 1.82) is 0 Å². The monoisotopic (exact) mass is 207 g/mol. The van der Waals surface area contributed by atoms with Crippen LogP contribution in [0.5, 0.6) is 0 Å². The standard InChI is InChI=1S/C7H14BrNO/c1-4-5-6(2)7(10)9(3)8/h6H,4-5H2,1-3H3. The second-order valence-corrected chi connectivity index (χ2v) is 3.57. The van der Waals surface area contributed by atoms with Crippen LogP contribution < -0.4 is 0 Å². The Morgan fingerprint density at radius 3 is 2.50 bits per heavy atom. The lowest BCUT2D eigenvalue weighted by atomic mass is 10.1. The molecule has 1 atom stereocenters. The van der Waals surface area contributed by atoms with Gasteiger partial charge in [0.1, 0.15) is 0 Å². The van der Waals surface area contributed by atoms with Crippen LogP contribution >= 0.6 is 16.1 Å². The minimum Gasteiger partial charge on any atom is -0.282 e. The van der Waals surface area contributed by atoms with Gasteiger partial charge in [-0.15, -0.1) is 0 Å². The van der Waals surface area contributed by atoms with E-state index in [4.69, 9.17) is 0 Å². The Labute approximate surface area is 70.9 Å². The number of carbonyl (C=O) groups is 1. The molecule has 60 valence electrons. The third kappa shape index (κ3) is 3.20. The molecule has 0 spiro atoms. The molecule has 0 saturated carbocycles. The Bertz CT molecular complexity index is 114. The van der Waals surface area contributed by atoms with E-state index in [0.29, 0.717) is 0 Å². The average molecular weight is 208 g/mol. The zero-order valence-electron chi connectivity index (χ0n) is 6.72. The molecule has 0 radical (unpaired) electrons. The van der Waals surface area contributed by atoms with Crippen LogP contribution in [0.25, 0.3) is 0 Å². The van der Waals surface area contributed by atoms with Crippen molar-refractivity contribution < 1.29 is 4.79 Å². The van der Waals surface area contributed by atoms with Gasteiger partial charge in [-0.3, -0.25) is 8.72 Å². The van der Waals surface area contributed by atoms with Crippen molar-refractivity contribution in [1.82, 2.24) is 3.93 Å². The van der Waals surface area contributed by atoms with Gasteiger partial charge < -0.3 is 0 Å². The highest BCUT2D eigenvalue weighted by molar-refractivity contribution is 9.07. The summed E-state index contributed by atoms with van der Waals surface area (Å²) in [6.07, 6.45) is 2.03. The molecule has 0 aromatic rings. The number of carbonyl (C=O) groups excluding carboxylic acids is 1. The molecular formula is C7H14BrNO. The zero-order chi connectivity index (χ0) is 8.15. The third-order valence-electron chi connectivity index (χ3n) is 1.45. The Hall–Kier alpha value is -0.0500. The molecule has 0 aromatic carbocycles. The zero-order valence-corrected chi connectivity index (χ0v) is 8.31. The predicted molar refractivity (Wildman–Crippen MR) is 45.8 cm³/mol. The minimum absolute atomic E-state index is 0.148. The lowest BCUT2D eigenvalue weighted by Gasteiger charge is -2.13. The summed E-state index contributed by atoms with van der Waals surface area (Å²) in [6.45, 7) is 4.03. The molecule has 2 nitrogen and oxygen atoms in total. The molecule has 0 heterocycles. The summed E-state index contributed by atoms with van der Waals surface area (Å²) in [7, 11) is 1.72. The normalized spacial score (nSPS) is 12.8. The molecule has 0 rings (SSSR count). The fraction of sp³-hybridized carbons (Fsp3) is 0.857. The minimum atomic E-state index is 0.148. The second kappa shape index (κ2) is 4.72. The maximum Gasteiger partial charge on any atom is 0.234 e. The summed E-state index contributed by atoms with van der Waals surface area (Å²) in [4.78, 5) is 11.1. The van der Waals surface area contributed by atoms with E-state index in [9.17, 15) is 4.79 Å². The van der Waals surface area contributed by atoms with Crippen LogP contribution in [0, 0.1) is 5.92 Å². The number of rotatable bonds is 3. The van der Waals surface area contributed by atoms with Gasteiger partial charge in [-0.1, -0.05) is 20.3 Å². The molecule has 0 aliphatic heterocycles. The molecule has 10 heavy (non-hydrogen) atoms. The molecular weight excluding hydrogens is 194 g/mol. The highest BCUT2D eigenvalue weighted by atomic mass is 79.9. The number of nitrogens with zero attached hydrogens (tertiary/aromatic N) is 1. The summed E-state index contributed by atoms with van der Waals surface area (Å²) in [5.74, 6) is 0.302. The predicted octanol–water partition coefficient (Wildman–Crippen LogP) is 2.19. The van der Waals surface area contributed by atoms with E-state index >= 15 is 0 Å². The van der Waals surface area contributed by atoms with Gasteiger partial charge >= 0.3 is 0 Å². The van der Waals surface area contributed by atoms with E-state index in [-0.39, 0.29) is 11.8 Å². The molecule has 0 saturated heterocycles. The summed E-state index contributed by atoms with van der Waals surface area (Å²) < 4.78 is 1.47. The van der Waals surface area contributed by atoms with E-state index in [2.05, 4.69) is 23.1 Å². The number of halogens is 1.